The van der Waals surface area contributed by atoms with Gasteiger partial charge in [0.05, 0.1) is 18.5 Å². The molecule has 2 fully saturated rings. The van der Waals surface area contributed by atoms with Crippen molar-refractivity contribution in [1.82, 2.24) is 9.62 Å². The Balaban J connectivity index is 1.39. The van der Waals surface area contributed by atoms with Crippen LogP contribution >= 0.6 is 11.9 Å². The maximum absolute atomic E-state index is 15.0. The summed E-state index contributed by atoms with van der Waals surface area (Å²) in [6.07, 6.45) is 5.08. The summed E-state index contributed by atoms with van der Waals surface area (Å²) in [5.74, 6) is -0.553. The second-order valence-corrected chi connectivity index (χ2v) is 11.0. The van der Waals surface area contributed by atoms with Crippen molar-refractivity contribution < 1.29 is 18.4 Å². The molecule has 202 valence electrons. The van der Waals surface area contributed by atoms with E-state index in [1.165, 1.54) is 5.56 Å². The van der Waals surface area contributed by atoms with E-state index in [0.717, 1.165) is 73.3 Å². The van der Waals surface area contributed by atoms with Gasteiger partial charge in [-0.05, 0) is 80.7 Å². The third-order valence-electron chi connectivity index (χ3n) is 7.21. The molecule has 1 unspecified atom stereocenters. The van der Waals surface area contributed by atoms with Crippen LogP contribution in [0.5, 0.6) is 0 Å². The minimum Gasteiger partial charge on any atom is -0.381 e. The zero-order valence-electron chi connectivity index (χ0n) is 21.5. The van der Waals surface area contributed by atoms with Crippen LogP contribution in [0.15, 0.2) is 53.4 Å². The van der Waals surface area contributed by atoms with Gasteiger partial charge in [0.1, 0.15) is 6.17 Å². The van der Waals surface area contributed by atoms with Crippen LogP contribution in [-0.4, -0.2) is 55.4 Å². The Bertz CT molecular complexity index is 1000. The molecule has 2 aliphatic rings. The van der Waals surface area contributed by atoms with E-state index in [-0.39, 0.29) is 18.9 Å². The number of hydrogen-bond acceptors (Lipinski definition) is 6. The van der Waals surface area contributed by atoms with E-state index < -0.39 is 17.7 Å². The van der Waals surface area contributed by atoms with E-state index in [2.05, 4.69) is 32.6 Å². The number of carbonyl (C=O) groups excluding carboxylic acids is 1. The first kappa shape index (κ1) is 27.7. The topological polar surface area (TPSA) is 65.6 Å². The van der Waals surface area contributed by atoms with Gasteiger partial charge in [-0.15, -0.1) is 0 Å². The van der Waals surface area contributed by atoms with Gasteiger partial charge < -0.3 is 5.32 Å². The van der Waals surface area contributed by atoms with Crippen LogP contribution in [-0.2, 0) is 16.1 Å². The number of anilines is 2. The zero-order valence-corrected chi connectivity index (χ0v) is 22.3. The zero-order chi connectivity index (χ0) is 26.1. The number of nitrogens with zero attached hydrogens (tertiary/aromatic N) is 1. The minimum atomic E-state index is -1.77. The summed E-state index contributed by atoms with van der Waals surface area (Å²) in [6, 6.07) is 16.3. The summed E-state index contributed by atoms with van der Waals surface area (Å²) in [4.78, 5) is 20.6. The molecule has 37 heavy (non-hydrogen) atoms. The van der Waals surface area contributed by atoms with Crippen LogP contribution in [0.3, 0.4) is 0 Å². The highest BCUT2D eigenvalue weighted by Crippen LogP contribution is 2.34. The maximum atomic E-state index is 15.0. The summed E-state index contributed by atoms with van der Waals surface area (Å²) in [5, 5.41) is 3.65. The fourth-order valence-corrected chi connectivity index (χ4v) is 5.67. The van der Waals surface area contributed by atoms with Crippen LogP contribution < -0.4 is 15.5 Å². The van der Waals surface area contributed by atoms with Gasteiger partial charge in [0.2, 0.25) is 0 Å². The number of benzene rings is 2. The largest absolute Gasteiger partial charge is 0.381 e. The second-order valence-electron chi connectivity index (χ2n) is 10.1. The first-order valence-corrected chi connectivity index (χ1v) is 14.0. The smallest absolute Gasteiger partial charge is 0.267 e. The molecule has 9 heteroatoms. The van der Waals surface area contributed by atoms with Crippen molar-refractivity contribution in [3.63, 3.8) is 0 Å². The fraction of sp³-hybridized carbons (Fsp3) is 0.536. The van der Waals surface area contributed by atoms with Crippen molar-refractivity contribution in [2.24, 2.45) is 0 Å². The van der Waals surface area contributed by atoms with Crippen LogP contribution in [0.2, 0.25) is 0 Å². The molecule has 4 rings (SSSR count). The summed E-state index contributed by atoms with van der Waals surface area (Å²) in [5.41, 5.74) is 4.03. The summed E-state index contributed by atoms with van der Waals surface area (Å²) >= 11 is 1.12. The molecule has 0 spiro atoms. The number of rotatable bonds is 13. The van der Waals surface area contributed by atoms with Gasteiger partial charge in [0, 0.05) is 30.6 Å². The van der Waals surface area contributed by atoms with E-state index in [1.807, 2.05) is 36.4 Å². The molecule has 1 heterocycles. The summed E-state index contributed by atoms with van der Waals surface area (Å²) < 4.78 is 31.0. The summed E-state index contributed by atoms with van der Waals surface area (Å²) in [6.45, 7) is 1.87. The third-order valence-corrected chi connectivity index (χ3v) is 7.99. The monoisotopic (exact) mass is 532 g/mol. The molecule has 0 bridgehead atoms. The van der Waals surface area contributed by atoms with Crippen LogP contribution in [0.4, 0.5) is 20.2 Å². The molecule has 1 atom stereocenters. The van der Waals surface area contributed by atoms with Crippen molar-refractivity contribution in [3.05, 3.63) is 54.1 Å². The molecule has 2 aromatic carbocycles. The first-order valence-electron chi connectivity index (χ1n) is 13.2. The molecule has 1 aliphatic carbocycles. The van der Waals surface area contributed by atoms with Crippen molar-refractivity contribution in [1.29, 1.82) is 0 Å². The van der Waals surface area contributed by atoms with Gasteiger partial charge in [0.15, 0.2) is 5.67 Å². The molecule has 1 aliphatic heterocycles. The molecule has 0 aromatic heterocycles. The standard InChI is InChI=1S/C28H38F2N4O2S/c1-36-32-26-18-24(37-33-27(35)28(30)15-6-3-7-16-28)12-13-25(26)31-23(14-17-34-19-22(29)20-34)11-10-21-8-4-2-5-9-21/h2,4-5,8-9,12-13,18,22-23,31-32H,3,6-7,10-11,14-17,19-20H2,1H3,(H,33,35). The molecule has 1 saturated heterocycles. The molecule has 3 N–H and O–H groups in total. The summed E-state index contributed by atoms with van der Waals surface area (Å²) in [7, 11) is 1.55. The Kier molecular flexibility index (Phi) is 10.1. The Labute approximate surface area is 223 Å². The lowest BCUT2D eigenvalue weighted by atomic mass is 9.86. The third kappa shape index (κ3) is 8.06. The predicted octanol–water partition coefficient (Wildman–Crippen LogP) is 5.91. The van der Waals surface area contributed by atoms with E-state index in [1.54, 1.807) is 7.11 Å². The van der Waals surface area contributed by atoms with Gasteiger partial charge in [-0.25, -0.2) is 8.78 Å². The Morgan fingerprint density at radius 3 is 2.57 bits per heavy atom. The number of alkyl halides is 2. The van der Waals surface area contributed by atoms with Crippen molar-refractivity contribution in [2.75, 3.05) is 37.5 Å². The Morgan fingerprint density at radius 1 is 1.11 bits per heavy atom. The first-order chi connectivity index (χ1) is 17.9. The molecule has 1 saturated carbocycles. The van der Waals surface area contributed by atoms with E-state index in [9.17, 15) is 13.6 Å². The fourth-order valence-electron chi connectivity index (χ4n) is 4.97. The molecular formula is C28H38F2N4O2S. The molecule has 1 amide bonds. The maximum Gasteiger partial charge on any atom is 0.267 e. The number of likely N-dealkylation sites (tertiary alicyclic amines) is 1. The van der Waals surface area contributed by atoms with E-state index in [0.29, 0.717) is 13.1 Å². The number of halogens is 2. The highest BCUT2D eigenvalue weighted by Gasteiger charge is 2.39. The average Bonchev–Trinajstić information content (AvgIpc) is 2.89. The lowest BCUT2D eigenvalue weighted by molar-refractivity contribution is -0.132. The lowest BCUT2D eigenvalue weighted by Gasteiger charge is -2.35. The quantitative estimate of drug-likeness (QED) is 0.220. The van der Waals surface area contributed by atoms with Gasteiger partial charge in [-0.3, -0.25) is 24.7 Å². The predicted molar refractivity (Wildman–Crippen MR) is 146 cm³/mol. The van der Waals surface area contributed by atoms with Gasteiger partial charge in [-0.1, -0.05) is 36.8 Å². The van der Waals surface area contributed by atoms with E-state index >= 15 is 0 Å². The highest BCUT2D eigenvalue weighted by molar-refractivity contribution is 7.98. The molecular weight excluding hydrogens is 494 g/mol. The van der Waals surface area contributed by atoms with Crippen LogP contribution in [0, 0.1) is 0 Å². The normalized spacial score (nSPS) is 18.6. The number of hydrogen-bond donors (Lipinski definition) is 3. The van der Waals surface area contributed by atoms with Gasteiger partial charge in [-0.2, -0.15) is 0 Å². The van der Waals surface area contributed by atoms with Gasteiger partial charge >= 0.3 is 0 Å². The van der Waals surface area contributed by atoms with Crippen molar-refractivity contribution in [3.8, 4) is 0 Å². The number of carbonyl (C=O) groups is 1. The van der Waals surface area contributed by atoms with Crippen LogP contribution in [0.1, 0.15) is 50.5 Å². The lowest BCUT2D eigenvalue weighted by Crippen LogP contribution is -2.49. The van der Waals surface area contributed by atoms with E-state index in [4.69, 9.17) is 4.84 Å². The second kappa shape index (κ2) is 13.4. The average molecular weight is 533 g/mol. The molecule has 2 aromatic rings. The minimum absolute atomic E-state index is 0.173. The molecule has 6 nitrogen and oxygen atoms in total. The van der Waals surface area contributed by atoms with Crippen molar-refractivity contribution in [2.45, 2.75) is 74.1 Å². The van der Waals surface area contributed by atoms with Crippen molar-refractivity contribution >= 4 is 29.2 Å². The SMILES string of the molecule is CONc1cc(SNC(=O)C2(F)CCCCC2)ccc1NC(CCc1ccccc1)CCN1CC(F)C1. The Hall–Kier alpha value is -2.36. The number of aryl methyl sites for hydroxylation is 1. The highest BCUT2D eigenvalue weighted by atomic mass is 32.2. The van der Waals surface area contributed by atoms with Crippen LogP contribution in [0.25, 0.3) is 0 Å². The van der Waals surface area contributed by atoms with Gasteiger partial charge in [0.25, 0.3) is 5.91 Å². The number of nitrogens with one attached hydrogen (secondary N) is 3. The molecule has 0 radical (unpaired) electrons. The number of amides is 1. The Morgan fingerprint density at radius 2 is 1.86 bits per heavy atom.